The first-order chi connectivity index (χ1) is 15.0. The van der Waals surface area contributed by atoms with Gasteiger partial charge in [0.1, 0.15) is 11.6 Å². The molecule has 0 radical (unpaired) electrons. The fourth-order valence-electron chi connectivity index (χ4n) is 4.61. The highest BCUT2D eigenvalue weighted by atomic mass is 127. The van der Waals surface area contributed by atoms with Crippen LogP contribution < -0.4 is 11.1 Å². The number of nitrogens with two attached hydrogens (primary N) is 1. The SMILES string of the molecule is CC(C)(C)c1cc(I)cc(C2(NC[C@@H](O)[C@@H](N)Cc3cc(F)cc(F)c3)CCCCC2)c1. The van der Waals surface area contributed by atoms with Crippen molar-refractivity contribution in [1.29, 1.82) is 0 Å². The quantitative estimate of drug-likeness (QED) is 0.393. The highest BCUT2D eigenvalue weighted by molar-refractivity contribution is 14.1. The maximum absolute atomic E-state index is 13.5. The van der Waals surface area contributed by atoms with E-state index in [0.717, 1.165) is 31.7 Å². The predicted molar refractivity (Wildman–Crippen MR) is 135 cm³/mol. The highest BCUT2D eigenvalue weighted by Crippen LogP contribution is 2.39. The lowest BCUT2D eigenvalue weighted by atomic mass is 9.74. The van der Waals surface area contributed by atoms with Crippen LogP contribution in [0, 0.1) is 15.2 Å². The Bertz CT molecular complexity index is 902. The third kappa shape index (κ3) is 6.49. The third-order valence-corrected chi connectivity index (χ3v) is 7.18. The average Bonchev–Trinajstić information content (AvgIpc) is 2.70. The molecule has 6 heteroatoms. The molecule has 0 unspecified atom stereocenters. The summed E-state index contributed by atoms with van der Waals surface area (Å²) in [5.74, 6) is -1.26. The van der Waals surface area contributed by atoms with Gasteiger partial charge in [-0.15, -0.1) is 0 Å². The molecule has 0 heterocycles. The molecule has 0 saturated heterocycles. The summed E-state index contributed by atoms with van der Waals surface area (Å²) in [5, 5.41) is 14.4. The Labute approximate surface area is 204 Å². The molecule has 2 aromatic rings. The number of hydrogen-bond acceptors (Lipinski definition) is 3. The second-order valence-corrected chi connectivity index (χ2v) is 11.5. The van der Waals surface area contributed by atoms with Crippen LogP contribution in [0.4, 0.5) is 8.78 Å². The molecule has 32 heavy (non-hydrogen) atoms. The summed E-state index contributed by atoms with van der Waals surface area (Å²) in [4.78, 5) is 0. The maximum Gasteiger partial charge on any atom is 0.126 e. The second-order valence-electron chi connectivity index (χ2n) is 10.2. The average molecular weight is 556 g/mol. The van der Waals surface area contributed by atoms with Gasteiger partial charge in [-0.25, -0.2) is 8.78 Å². The largest absolute Gasteiger partial charge is 0.390 e. The standard InChI is InChI=1S/C26H35F2IN2O/c1-25(2,3)18-12-19(14-22(29)13-18)26(7-5-4-6-8-26)31-16-24(32)23(30)11-17-9-20(27)15-21(28)10-17/h9-10,12-15,23-24,31-32H,4-8,11,16,30H2,1-3H3/t23-,24+/m0/s1. The summed E-state index contributed by atoms with van der Waals surface area (Å²) < 4.78 is 28.2. The molecule has 176 valence electrons. The van der Waals surface area contributed by atoms with Gasteiger partial charge in [0.2, 0.25) is 0 Å². The number of aliphatic hydroxyl groups is 1. The topological polar surface area (TPSA) is 58.3 Å². The Morgan fingerprint density at radius 1 is 1.03 bits per heavy atom. The summed E-state index contributed by atoms with van der Waals surface area (Å²) in [5.41, 5.74) is 9.08. The Morgan fingerprint density at radius 2 is 1.66 bits per heavy atom. The Kier molecular flexibility index (Phi) is 8.34. The Morgan fingerprint density at radius 3 is 2.25 bits per heavy atom. The van der Waals surface area contributed by atoms with Gasteiger partial charge < -0.3 is 16.2 Å². The molecule has 0 spiro atoms. The van der Waals surface area contributed by atoms with E-state index in [4.69, 9.17) is 5.73 Å². The fraction of sp³-hybridized carbons (Fsp3) is 0.538. The van der Waals surface area contributed by atoms with Crippen LogP contribution in [0.1, 0.15) is 69.6 Å². The van der Waals surface area contributed by atoms with Crippen LogP contribution in [0.5, 0.6) is 0 Å². The molecule has 0 aromatic heterocycles. The zero-order valence-corrected chi connectivity index (χ0v) is 21.4. The molecule has 0 amide bonds. The highest BCUT2D eigenvalue weighted by Gasteiger charge is 2.35. The number of hydrogen-bond donors (Lipinski definition) is 3. The van der Waals surface area contributed by atoms with Gasteiger partial charge in [0.25, 0.3) is 0 Å². The molecule has 0 aliphatic heterocycles. The summed E-state index contributed by atoms with van der Waals surface area (Å²) in [6.07, 6.45) is 4.88. The molecule has 2 atom stereocenters. The molecule has 1 fully saturated rings. The number of rotatable bonds is 7. The number of aliphatic hydroxyl groups excluding tert-OH is 1. The van der Waals surface area contributed by atoms with Crippen molar-refractivity contribution in [2.75, 3.05) is 6.54 Å². The van der Waals surface area contributed by atoms with Crippen LogP contribution in [0.3, 0.4) is 0 Å². The number of halogens is 3. The first-order valence-corrected chi connectivity index (χ1v) is 12.5. The van der Waals surface area contributed by atoms with Crippen molar-refractivity contribution in [1.82, 2.24) is 5.32 Å². The number of benzene rings is 2. The van der Waals surface area contributed by atoms with E-state index < -0.39 is 23.8 Å². The monoisotopic (exact) mass is 556 g/mol. The van der Waals surface area contributed by atoms with E-state index in [0.29, 0.717) is 12.1 Å². The first kappa shape index (κ1) is 25.5. The minimum atomic E-state index is -0.829. The lowest BCUT2D eigenvalue weighted by Gasteiger charge is -2.41. The van der Waals surface area contributed by atoms with Gasteiger partial charge in [-0.1, -0.05) is 46.1 Å². The summed E-state index contributed by atoms with van der Waals surface area (Å²) in [6, 6.07) is 9.55. The van der Waals surface area contributed by atoms with Crippen LogP contribution in [0.25, 0.3) is 0 Å². The van der Waals surface area contributed by atoms with Crippen LogP contribution >= 0.6 is 22.6 Å². The van der Waals surface area contributed by atoms with Gasteiger partial charge in [-0.2, -0.15) is 0 Å². The number of nitrogens with one attached hydrogen (secondary N) is 1. The zero-order chi connectivity index (χ0) is 23.5. The van der Waals surface area contributed by atoms with E-state index >= 15 is 0 Å². The van der Waals surface area contributed by atoms with Gasteiger partial charge in [-0.05, 0) is 88.2 Å². The lowest BCUT2D eigenvalue weighted by molar-refractivity contribution is 0.116. The Balaban J connectivity index is 1.77. The fourth-order valence-corrected chi connectivity index (χ4v) is 5.28. The van der Waals surface area contributed by atoms with Crippen LogP contribution in [-0.2, 0) is 17.4 Å². The van der Waals surface area contributed by atoms with Crippen molar-refractivity contribution in [3.63, 3.8) is 0 Å². The molecule has 3 nitrogen and oxygen atoms in total. The minimum Gasteiger partial charge on any atom is -0.390 e. The van der Waals surface area contributed by atoms with E-state index in [1.165, 1.54) is 33.3 Å². The molecule has 1 aliphatic rings. The summed E-state index contributed by atoms with van der Waals surface area (Å²) >= 11 is 2.39. The summed E-state index contributed by atoms with van der Waals surface area (Å²) in [7, 11) is 0. The van der Waals surface area contributed by atoms with E-state index in [9.17, 15) is 13.9 Å². The molecule has 1 saturated carbocycles. The van der Waals surface area contributed by atoms with Gasteiger partial charge in [-0.3, -0.25) is 0 Å². The van der Waals surface area contributed by atoms with Crippen LogP contribution in [-0.4, -0.2) is 23.8 Å². The van der Waals surface area contributed by atoms with Crippen molar-refractivity contribution in [3.8, 4) is 0 Å². The van der Waals surface area contributed by atoms with E-state index in [1.54, 1.807) is 0 Å². The minimum absolute atomic E-state index is 0.0495. The van der Waals surface area contributed by atoms with Crippen molar-refractivity contribution in [2.24, 2.45) is 5.73 Å². The maximum atomic E-state index is 13.5. The van der Waals surface area contributed by atoms with E-state index in [-0.39, 0.29) is 17.4 Å². The van der Waals surface area contributed by atoms with E-state index in [2.05, 4.69) is 66.9 Å². The van der Waals surface area contributed by atoms with Crippen molar-refractivity contribution in [2.45, 2.75) is 82.4 Å². The zero-order valence-electron chi connectivity index (χ0n) is 19.2. The van der Waals surface area contributed by atoms with Gasteiger partial charge in [0, 0.05) is 27.8 Å². The van der Waals surface area contributed by atoms with Gasteiger partial charge >= 0.3 is 0 Å². The molecule has 1 aliphatic carbocycles. The smallest absolute Gasteiger partial charge is 0.126 e. The first-order valence-electron chi connectivity index (χ1n) is 11.4. The summed E-state index contributed by atoms with van der Waals surface area (Å²) in [6.45, 7) is 7.00. The molecular weight excluding hydrogens is 521 g/mol. The van der Waals surface area contributed by atoms with Crippen LogP contribution in [0.2, 0.25) is 0 Å². The van der Waals surface area contributed by atoms with Crippen molar-refractivity contribution in [3.05, 3.63) is 68.3 Å². The second kappa shape index (κ2) is 10.5. The molecule has 0 bridgehead atoms. The normalized spacial score (nSPS) is 18.4. The van der Waals surface area contributed by atoms with Gasteiger partial charge in [0.05, 0.1) is 6.10 Å². The van der Waals surface area contributed by atoms with Crippen LogP contribution in [0.15, 0.2) is 36.4 Å². The third-order valence-electron chi connectivity index (χ3n) is 6.56. The molecule has 2 aromatic carbocycles. The molecule has 3 rings (SSSR count). The van der Waals surface area contributed by atoms with Gasteiger partial charge in [0.15, 0.2) is 0 Å². The van der Waals surface area contributed by atoms with Crippen molar-refractivity contribution >= 4 is 22.6 Å². The van der Waals surface area contributed by atoms with E-state index in [1.807, 2.05) is 0 Å². The predicted octanol–water partition coefficient (Wildman–Crippen LogP) is 5.55. The molecule has 4 N–H and O–H groups in total. The molecular formula is C26H35F2IN2O. The lowest BCUT2D eigenvalue weighted by Crippen LogP contribution is -2.51. The van der Waals surface area contributed by atoms with Crippen molar-refractivity contribution < 1.29 is 13.9 Å². The Hall–Kier alpha value is -1.09.